The van der Waals surface area contributed by atoms with Crippen molar-refractivity contribution in [2.75, 3.05) is 40.3 Å². The molecule has 0 unspecified atom stereocenters. The average Bonchev–Trinajstić information content (AvgIpc) is 3.06. The average molecular weight is 322 g/mol. The molecule has 1 aromatic rings. The number of likely N-dealkylation sites (N-methyl/N-ethyl adjacent to an activating group) is 1. The number of hydrogen-bond acceptors (Lipinski definition) is 3. The van der Waals surface area contributed by atoms with Gasteiger partial charge in [-0.05, 0) is 45.1 Å². The second kappa shape index (κ2) is 6.57. The molecular formula is C17H24ClN3O. The van der Waals surface area contributed by atoms with Crippen molar-refractivity contribution in [3.05, 3.63) is 34.9 Å². The van der Waals surface area contributed by atoms with Crippen molar-refractivity contribution in [2.45, 2.75) is 24.9 Å². The standard InChI is InChI=1S/C17H24ClN3O/c1-19(2)10-11-20-8-6-16-15(20)7-9-21(16)17(22)13-4-3-5-14(18)12-13/h3-5,12,15-16H,6-11H2,1-2H3/t15-,16+/m1/s1. The maximum absolute atomic E-state index is 12.8. The Morgan fingerprint density at radius 2 is 2.05 bits per heavy atom. The Bertz CT molecular complexity index is 548. The third-order valence-corrected chi connectivity index (χ3v) is 5.09. The van der Waals surface area contributed by atoms with Crippen LogP contribution in [-0.4, -0.2) is 73.0 Å². The second-order valence-corrected chi connectivity index (χ2v) is 7.00. The quantitative estimate of drug-likeness (QED) is 0.850. The van der Waals surface area contributed by atoms with Crippen LogP contribution < -0.4 is 0 Å². The molecule has 2 heterocycles. The molecule has 2 saturated heterocycles. The number of benzene rings is 1. The maximum atomic E-state index is 12.8. The molecule has 0 aliphatic carbocycles. The summed E-state index contributed by atoms with van der Waals surface area (Å²) in [6.07, 6.45) is 2.18. The summed E-state index contributed by atoms with van der Waals surface area (Å²) in [5.74, 6) is 0.129. The molecule has 2 aliphatic rings. The van der Waals surface area contributed by atoms with Crippen molar-refractivity contribution in [2.24, 2.45) is 0 Å². The van der Waals surface area contributed by atoms with Gasteiger partial charge in [0.1, 0.15) is 0 Å². The summed E-state index contributed by atoms with van der Waals surface area (Å²) in [5, 5.41) is 0.626. The molecule has 0 spiro atoms. The predicted molar refractivity (Wildman–Crippen MR) is 89.4 cm³/mol. The smallest absolute Gasteiger partial charge is 0.254 e. The highest BCUT2D eigenvalue weighted by molar-refractivity contribution is 6.30. The van der Waals surface area contributed by atoms with E-state index < -0.39 is 0 Å². The molecule has 1 amide bonds. The monoisotopic (exact) mass is 321 g/mol. The minimum Gasteiger partial charge on any atom is -0.334 e. The predicted octanol–water partition coefficient (Wildman–Crippen LogP) is 2.19. The molecule has 0 N–H and O–H groups in total. The first-order valence-corrected chi connectivity index (χ1v) is 8.39. The minimum absolute atomic E-state index is 0.129. The number of rotatable bonds is 4. The van der Waals surface area contributed by atoms with Gasteiger partial charge in [0.25, 0.3) is 5.91 Å². The molecule has 2 aliphatic heterocycles. The fraction of sp³-hybridized carbons (Fsp3) is 0.588. The number of carbonyl (C=O) groups excluding carboxylic acids is 1. The number of halogens is 1. The van der Waals surface area contributed by atoms with Gasteiger partial charge in [-0.25, -0.2) is 0 Å². The molecule has 0 radical (unpaired) electrons. The lowest BCUT2D eigenvalue weighted by molar-refractivity contribution is 0.0732. The normalized spacial score (nSPS) is 25.0. The Balaban J connectivity index is 1.67. The molecule has 0 saturated carbocycles. The van der Waals surface area contributed by atoms with Gasteiger partial charge in [-0.1, -0.05) is 17.7 Å². The highest BCUT2D eigenvalue weighted by atomic mass is 35.5. The first-order chi connectivity index (χ1) is 10.6. The van der Waals surface area contributed by atoms with E-state index in [0.29, 0.717) is 22.7 Å². The van der Waals surface area contributed by atoms with E-state index in [1.807, 2.05) is 18.2 Å². The molecule has 120 valence electrons. The van der Waals surface area contributed by atoms with E-state index >= 15 is 0 Å². The van der Waals surface area contributed by atoms with Crippen molar-refractivity contribution in [3.63, 3.8) is 0 Å². The summed E-state index contributed by atoms with van der Waals surface area (Å²) in [6, 6.07) is 8.19. The lowest BCUT2D eigenvalue weighted by Crippen LogP contribution is -2.41. The zero-order chi connectivity index (χ0) is 15.7. The topological polar surface area (TPSA) is 26.8 Å². The largest absolute Gasteiger partial charge is 0.334 e. The Morgan fingerprint density at radius 3 is 2.77 bits per heavy atom. The first-order valence-electron chi connectivity index (χ1n) is 8.01. The minimum atomic E-state index is 0.129. The van der Waals surface area contributed by atoms with Crippen molar-refractivity contribution in [1.29, 1.82) is 0 Å². The van der Waals surface area contributed by atoms with Crippen molar-refractivity contribution in [1.82, 2.24) is 14.7 Å². The van der Waals surface area contributed by atoms with Gasteiger partial charge in [0, 0.05) is 48.8 Å². The van der Waals surface area contributed by atoms with Gasteiger partial charge in [0.2, 0.25) is 0 Å². The van der Waals surface area contributed by atoms with Crippen LogP contribution in [0, 0.1) is 0 Å². The van der Waals surface area contributed by atoms with Crippen LogP contribution in [0.25, 0.3) is 0 Å². The van der Waals surface area contributed by atoms with Gasteiger partial charge in [-0.15, -0.1) is 0 Å². The van der Waals surface area contributed by atoms with E-state index in [1.54, 1.807) is 6.07 Å². The number of amides is 1. The van der Waals surface area contributed by atoms with Gasteiger partial charge < -0.3 is 9.80 Å². The van der Waals surface area contributed by atoms with Gasteiger partial charge in [0.15, 0.2) is 0 Å². The fourth-order valence-corrected chi connectivity index (χ4v) is 3.91. The highest BCUT2D eigenvalue weighted by Gasteiger charge is 2.44. The fourth-order valence-electron chi connectivity index (χ4n) is 3.72. The molecule has 4 nitrogen and oxygen atoms in total. The van der Waals surface area contributed by atoms with E-state index in [1.165, 1.54) is 0 Å². The molecule has 2 fully saturated rings. The molecular weight excluding hydrogens is 298 g/mol. The third kappa shape index (κ3) is 3.14. The van der Waals surface area contributed by atoms with E-state index in [4.69, 9.17) is 11.6 Å². The van der Waals surface area contributed by atoms with Gasteiger partial charge in [-0.2, -0.15) is 0 Å². The number of fused-ring (bicyclic) bond motifs is 1. The molecule has 0 bridgehead atoms. The van der Waals surface area contributed by atoms with Crippen LogP contribution >= 0.6 is 11.6 Å². The summed E-state index contributed by atoms with van der Waals surface area (Å²) in [5.41, 5.74) is 0.708. The van der Waals surface area contributed by atoms with E-state index in [-0.39, 0.29) is 5.91 Å². The van der Waals surface area contributed by atoms with Crippen LogP contribution in [0.2, 0.25) is 5.02 Å². The van der Waals surface area contributed by atoms with Crippen LogP contribution in [-0.2, 0) is 0 Å². The summed E-state index contributed by atoms with van der Waals surface area (Å²) < 4.78 is 0. The summed E-state index contributed by atoms with van der Waals surface area (Å²) in [6.45, 7) is 4.13. The van der Waals surface area contributed by atoms with Crippen LogP contribution in [0.15, 0.2) is 24.3 Å². The summed E-state index contributed by atoms with van der Waals surface area (Å²) in [4.78, 5) is 19.6. The Morgan fingerprint density at radius 1 is 1.27 bits per heavy atom. The number of nitrogens with zero attached hydrogens (tertiary/aromatic N) is 3. The number of hydrogen-bond donors (Lipinski definition) is 0. The molecule has 22 heavy (non-hydrogen) atoms. The summed E-state index contributed by atoms with van der Waals surface area (Å²) in [7, 11) is 4.22. The first kappa shape index (κ1) is 15.8. The molecule has 5 heteroatoms. The Hall–Kier alpha value is -1.10. The zero-order valence-electron chi connectivity index (χ0n) is 13.3. The van der Waals surface area contributed by atoms with Crippen LogP contribution in [0.5, 0.6) is 0 Å². The highest BCUT2D eigenvalue weighted by Crippen LogP contribution is 2.32. The van der Waals surface area contributed by atoms with Gasteiger partial charge in [-0.3, -0.25) is 9.69 Å². The second-order valence-electron chi connectivity index (χ2n) is 6.56. The van der Waals surface area contributed by atoms with Crippen molar-refractivity contribution in [3.8, 4) is 0 Å². The zero-order valence-corrected chi connectivity index (χ0v) is 14.1. The SMILES string of the molecule is CN(C)CCN1CC[C@H]2[C@H]1CCN2C(=O)c1cccc(Cl)c1. The van der Waals surface area contributed by atoms with E-state index in [9.17, 15) is 4.79 Å². The van der Waals surface area contributed by atoms with E-state index in [2.05, 4.69) is 28.8 Å². The Labute approximate surface area is 137 Å². The molecule has 0 aromatic heterocycles. The number of likely N-dealkylation sites (tertiary alicyclic amines) is 2. The van der Waals surface area contributed by atoms with Crippen molar-refractivity contribution >= 4 is 17.5 Å². The van der Waals surface area contributed by atoms with Crippen LogP contribution in [0.4, 0.5) is 0 Å². The molecule has 3 rings (SSSR count). The third-order valence-electron chi connectivity index (χ3n) is 4.86. The molecule has 1 aromatic carbocycles. The van der Waals surface area contributed by atoms with Crippen LogP contribution in [0.1, 0.15) is 23.2 Å². The summed E-state index contributed by atoms with van der Waals surface area (Å²) >= 11 is 6.02. The lowest BCUT2D eigenvalue weighted by Gasteiger charge is -2.26. The van der Waals surface area contributed by atoms with E-state index in [0.717, 1.165) is 39.0 Å². The van der Waals surface area contributed by atoms with Crippen molar-refractivity contribution < 1.29 is 4.79 Å². The lowest BCUT2D eigenvalue weighted by atomic mass is 10.1. The Kier molecular flexibility index (Phi) is 4.71. The van der Waals surface area contributed by atoms with Crippen LogP contribution in [0.3, 0.4) is 0 Å². The maximum Gasteiger partial charge on any atom is 0.254 e. The van der Waals surface area contributed by atoms with Gasteiger partial charge in [0.05, 0.1) is 0 Å². The number of carbonyl (C=O) groups is 1. The molecule has 2 atom stereocenters. The van der Waals surface area contributed by atoms with Gasteiger partial charge >= 0.3 is 0 Å².